The van der Waals surface area contributed by atoms with E-state index in [2.05, 4.69) is 5.32 Å². The Hall–Kier alpha value is -4.65. The number of para-hydroxylation sites is 2. The summed E-state index contributed by atoms with van der Waals surface area (Å²) in [4.78, 5) is 36.6. The minimum absolute atomic E-state index is 0.00179. The van der Waals surface area contributed by atoms with Crippen LogP contribution in [0.3, 0.4) is 0 Å². The molecule has 3 heterocycles. The van der Waals surface area contributed by atoms with Gasteiger partial charge in [-0.05, 0) is 23.8 Å². The molecule has 1 aliphatic rings. The Kier molecular flexibility index (Phi) is 3.64. The molecule has 6 rings (SSSR count). The topological polar surface area (TPSA) is 107 Å². The Balaban J connectivity index is 1.49. The molecule has 32 heavy (non-hydrogen) atoms. The molecule has 0 saturated heterocycles. The van der Waals surface area contributed by atoms with Crippen LogP contribution in [0.5, 0.6) is 0 Å². The van der Waals surface area contributed by atoms with Crippen LogP contribution in [0.1, 0.15) is 20.7 Å². The molecule has 0 spiro atoms. The van der Waals surface area contributed by atoms with Crippen molar-refractivity contribution in [1.29, 1.82) is 0 Å². The lowest BCUT2D eigenvalue weighted by molar-refractivity contribution is 0.0880. The second-order valence-electron chi connectivity index (χ2n) is 7.60. The third-order valence-electron chi connectivity index (χ3n) is 5.79. The average molecular weight is 421 g/mol. The number of carbonyl (C=O) groups excluding carboxylic acids is 2. The van der Waals surface area contributed by atoms with Crippen LogP contribution >= 0.6 is 0 Å². The van der Waals surface area contributed by atoms with Gasteiger partial charge in [-0.15, -0.1) is 0 Å². The first-order valence-corrected chi connectivity index (χ1v) is 9.95. The number of furan rings is 1. The van der Waals surface area contributed by atoms with Crippen molar-refractivity contribution in [1.82, 2.24) is 9.88 Å². The Labute approximate surface area is 180 Å². The summed E-state index contributed by atoms with van der Waals surface area (Å²) in [6, 6.07) is 22.2. The molecule has 2 amide bonds. The number of nitrogens with two attached hydrogens (primary N) is 1. The maximum absolute atomic E-state index is 12.7. The van der Waals surface area contributed by atoms with E-state index in [0.29, 0.717) is 5.69 Å². The zero-order chi connectivity index (χ0) is 22.0. The summed E-state index contributed by atoms with van der Waals surface area (Å²) in [5, 5.41) is 4.24. The quantitative estimate of drug-likeness (QED) is 0.421. The first-order valence-electron chi connectivity index (χ1n) is 9.95. The number of carbonyl (C=O) groups is 2. The molecule has 7 heteroatoms. The third kappa shape index (κ3) is 2.45. The predicted octanol–water partition coefficient (Wildman–Crippen LogP) is 3.87. The van der Waals surface area contributed by atoms with Crippen molar-refractivity contribution in [3.63, 3.8) is 0 Å². The molecule has 0 saturated carbocycles. The second kappa shape index (κ2) is 6.42. The van der Waals surface area contributed by atoms with Crippen molar-refractivity contribution >= 4 is 39.6 Å². The van der Waals surface area contributed by atoms with E-state index in [-0.39, 0.29) is 16.9 Å². The number of pyridine rings is 1. The zero-order valence-corrected chi connectivity index (χ0v) is 16.6. The maximum Gasteiger partial charge on any atom is 0.262 e. The van der Waals surface area contributed by atoms with Crippen molar-refractivity contribution in [2.75, 3.05) is 5.73 Å². The van der Waals surface area contributed by atoms with Gasteiger partial charge >= 0.3 is 0 Å². The van der Waals surface area contributed by atoms with Crippen molar-refractivity contribution < 1.29 is 14.0 Å². The largest absolute Gasteiger partial charge is 0.455 e. The van der Waals surface area contributed by atoms with Crippen LogP contribution in [0.15, 0.2) is 82.0 Å². The fourth-order valence-electron chi connectivity index (χ4n) is 4.31. The molecule has 5 aromatic rings. The van der Waals surface area contributed by atoms with Gasteiger partial charge < -0.3 is 10.2 Å². The summed E-state index contributed by atoms with van der Waals surface area (Å²) in [7, 11) is 0. The number of hydrogen-bond acceptors (Lipinski definition) is 5. The van der Waals surface area contributed by atoms with Crippen LogP contribution in [0.4, 0.5) is 5.82 Å². The van der Waals surface area contributed by atoms with E-state index in [1.807, 2.05) is 54.6 Å². The van der Waals surface area contributed by atoms with E-state index in [1.54, 1.807) is 12.1 Å². The number of imide groups is 1. The lowest BCUT2D eigenvalue weighted by Crippen LogP contribution is -2.24. The minimum Gasteiger partial charge on any atom is -0.455 e. The molecule has 0 unspecified atom stereocenters. The summed E-state index contributed by atoms with van der Waals surface area (Å²) in [5.41, 5.74) is 9.57. The third-order valence-corrected chi connectivity index (χ3v) is 5.79. The Morgan fingerprint density at radius 1 is 0.781 bits per heavy atom. The zero-order valence-electron chi connectivity index (χ0n) is 16.6. The van der Waals surface area contributed by atoms with E-state index in [9.17, 15) is 14.4 Å². The van der Waals surface area contributed by atoms with Crippen molar-refractivity contribution in [3.05, 3.63) is 94.3 Å². The first kappa shape index (κ1) is 18.1. The Morgan fingerprint density at radius 2 is 1.53 bits per heavy atom. The average Bonchev–Trinajstić information content (AvgIpc) is 3.31. The van der Waals surface area contributed by atoms with Crippen LogP contribution in [0.2, 0.25) is 0 Å². The molecular weight excluding hydrogens is 406 g/mol. The highest BCUT2D eigenvalue weighted by Crippen LogP contribution is 2.36. The summed E-state index contributed by atoms with van der Waals surface area (Å²) < 4.78 is 7.34. The highest BCUT2D eigenvalue weighted by atomic mass is 16.3. The minimum atomic E-state index is -0.616. The van der Waals surface area contributed by atoms with Crippen molar-refractivity contribution in [2.24, 2.45) is 0 Å². The number of amides is 2. The van der Waals surface area contributed by atoms with Crippen LogP contribution < -0.4 is 16.6 Å². The SMILES string of the molecule is Nc1c2c(cc(=O)n1-c1ccc(-c3cccc4c3oc3ccccc34)cc1)C(=O)NC2=O. The Morgan fingerprint density at radius 3 is 2.34 bits per heavy atom. The van der Waals surface area contributed by atoms with Gasteiger partial charge in [-0.25, -0.2) is 0 Å². The fourth-order valence-corrected chi connectivity index (χ4v) is 4.31. The number of rotatable bonds is 2. The van der Waals surface area contributed by atoms with Gasteiger partial charge in [-0.3, -0.25) is 24.3 Å². The van der Waals surface area contributed by atoms with Crippen LogP contribution in [0.25, 0.3) is 38.8 Å². The molecule has 0 bridgehead atoms. The number of aromatic nitrogens is 1. The highest BCUT2D eigenvalue weighted by Gasteiger charge is 2.31. The Bertz CT molecular complexity index is 1660. The summed E-state index contributed by atoms with van der Waals surface area (Å²) >= 11 is 0. The van der Waals surface area contributed by atoms with E-state index in [0.717, 1.165) is 39.1 Å². The van der Waals surface area contributed by atoms with Gasteiger partial charge in [-0.2, -0.15) is 0 Å². The summed E-state index contributed by atoms with van der Waals surface area (Å²) in [6.07, 6.45) is 0. The van der Waals surface area contributed by atoms with Gasteiger partial charge in [0.25, 0.3) is 17.4 Å². The maximum atomic E-state index is 12.7. The molecular formula is C25H15N3O4. The molecule has 154 valence electrons. The van der Waals surface area contributed by atoms with Crippen molar-refractivity contribution in [2.45, 2.75) is 0 Å². The molecule has 0 aliphatic carbocycles. The van der Waals surface area contributed by atoms with Gasteiger partial charge in [0.15, 0.2) is 0 Å². The van der Waals surface area contributed by atoms with Crippen molar-refractivity contribution in [3.8, 4) is 16.8 Å². The van der Waals surface area contributed by atoms with Crippen LogP contribution in [-0.2, 0) is 0 Å². The first-order chi connectivity index (χ1) is 15.5. The van der Waals surface area contributed by atoms with Crippen LogP contribution in [-0.4, -0.2) is 16.4 Å². The molecule has 0 radical (unpaired) electrons. The summed E-state index contributed by atoms with van der Waals surface area (Å²) in [5.74, 6) is -1.29. The standard InChI is InChI=1S/C25H15N3O4/c26-23-21-18(24(30)27-25(21)31)12-20(29)28(23)14-10-8-13(9-11-14)15-5-3-6-17-16-4-1-2-7-19(16)32-22(15)17/h1-12H,26H2,(H,27,30,31). The highest BCUT2D eigenvalue weighted by molar-refractivity contribution is 6.23. The van der Waals surface area contributed by atoms with Gasteiger partial charge in [0.1, 0.15) is 17.0 Å². The molecule has 3 aromatic carbocycles. The number of fused-ring (bicyclic) bond motifs is 4. The summed E-state index contributed by atoms with van der Waals surface area (Å²) in [6.45, 7) is 0. The van der Waals surface area contributed by atoms with E-state index < -0.39 is 17.4 Å². The second-order valence-corrected chi connectivity index (χ2v) is 7.60. The normalized spacial score (nSPS) is 13.0. The molecule has 1 aliphatic heterocycles. The number of nitrogens with zero attached hydrogens (tertiary/aromatic N) is 1. The van der Waals surface area contributed by atoms with E-state index in [4.69, 9.17) is 10.2 Å². The van der Waals surface area contributed by atoms with Gasteiger partial charge in [-0.1, -0.05) is 48.5 Å². The van der Waals surface area contributed by atoms with Gasteiger partial charge in [0.05, 0.1) is 16.8 Å². The van der Waals surface area contributed by atoms with E-state index >= 15 is 0 Å². The molecule has 0 fully saturated rings. The fraction of sp³-hybridized carbons (Fsp3) is 0. The predicted molar refractivity (Wildman–Crippen MR) is 121 cm³/mol. The smallest absolute Gasteiger partial charge is 0.262 e. The number of nitrogen functional groups attached to an aromatic ring is 1. The monoisotopic (exact) mass is 421 g/mol. The lowest BCUT2D eigenvalue weighted by atomic mass is 10.0. The molecule has 7 nitrogen and oxygen atoms in total. The van der Waals surface area contributed by atoms with Crippen LogP contribution in [0, 0.1) is 0 Å². The van der Waals surface area contributed by atoms with Gasteiger partial charge in [0.2, 0.25) is 0 Å². The number of benzene rings is 3. The van der Waals surface area contributed by atoms with E-state index in [1.165, 1.54) is 4.57 Å². The molecule has 3 N–H and O–H groups in total. The molecule has 2 aromatic heterocycles. The lowest BCUT2D eigenvalue weighted by Gasteiger charge is -2.12. The molecule has 0 atom stereocenters. The number of nitrogens with one attached hydrogen (secondary N) is 1. The number of hydrogen-bond donors (Lipinski definition) is 2. The number of anilines is 1. The van der Waals surface area contributed by atoms with Gasteiger partial charge in [0, 0.05) is 22.4 Å².